The molecule has 0 spiro atoms. The fraction of sp³-hybridized carbons (Fsp3) is 0.800. The predicted molar refractivity (Wildman–Crippen MR) is 62.5 cm³/mol. The highest BCUT2D eigenvalue weighted by atomic mass is 16.4. The van der Waals surface area contributed by atoms with Crippen molar-refractivity contribution in [2.45, 2.75) is 27.2 Å². The average molecular weight is 241 g/mol. The summed E-state index contributed by atoms with van der Waals surface area (Å²) in [5.74, 6) is -0.778. The van der Waals surface area contributed by atoms with E-state index in [1.807, 2.05) is 20.8 Å². The zero-order chi connectivity index (χ0) is 13.1. The third kappa shape index (κ3) is 4.38. The minimum Gasteiger partial charge on any atom is -0.481 e. The number of hydrogen-bond acceptors (Lipinski definition) is 5. The largest absolute Gasteiger partial charge is 0.481 e. The minimum atomic E-state index is -0.803. The maximum atomic E-state index is 11.1. The van der Waals surface area contributed by atoms with Gasteiger partial charge in [-0.3, -0.25) is 4.79 Å². The number of aryl methyl sites for hydroxylation is 1. The molecular formula is C10H19N5O2. The molecule has 0 amide bonds. The average Bonchev–Trinajstić information content (AvgIpc) is 2.56. The Morgan fingerprint density at radius 1 is 1.53 bits per heavy atom. The van der Waals surface area contributed by atoms with Crippen molar-refractivity contribution in [1.82, 2.24) is 20.2 Å². The molecule has 1 unspecified atom stereocenters. The normalized spacial score (nSPS) is 13.4. The molecule has 0 aliphatic rings. The van der Waals surface area contributed by atoms with Crippen molar-refractivity contribution in [1.29, 1.82) is 0 Å². The molecule has 1 aromatic rings. The van der Waals surface area contributed by atoms with Crippen molar-refractivity contribution in [3.05, 3.63) is 0 Å². The van der Waals surface area contributed by atoms with E-state index in [0.29, 0.717) is 18.9 Å². The molecule has 0 aliphatic heterocycles. The summed E-state index contributed by atoms with van der Waals surface area (Å²) in [5.41, 5.74) is -0.0249. The van der Waals surface area contributed by atoms with Gasteiger partial charge in [-0.1, -0.05) is 25.9 Å². The number of carboxylic acid groups (broad SMARTS) is 1. The molecule has 0 bridgehead atoms. The van der Waals surface area contributed by atoms with Crippen molar-refractivity contribution in [2.24, 2.45) is 18.4 Å². The first-order chi connectivity index (χ1) is 7.79. The Bertz CT molecular complexity index is 382. The van der Waals surface area contributed by atoms with E-state index < -0.39 is 11.9 Å². The maximum absolute atomic E-state index is 11.1. The van der Waals surface area contributed by atoms with Gasteiger partial charge >= 0.3 is 5.97 Å². The topological polar surface area (TPSA) is 92.9 Å². The molecular weight excluding hydrogens is 222 g/mol. The van der Waals surface area contributed by atoms with Gasteiger partial charge in [0.2, 0.25) is 5.95 Å². The highest BCUT2D eigenvalue weighted by Crippen LogP contribution is 2.24. The first kappa shape index (κ1) is 13.4. The number of aromatic nitrogens is 4. The zero-order valence-corrected chi connectivity index (χ0v) is 10.6. The van der Waals surface area contributed by atoms with E-state index in [1.165, 1.54) is 4.68 Å². The van der Waals surface area contributed by atoms with Crippen LogP contribution in [0.2, 0.25) is 0 Å². The highest BCUT2D eigenvalue weighted by molar-refractivity contribution is 5.70. The van der Waals surface area contributed by atoms with Gasteiger partial charge in [0.25, 0.3) is 0 Å². The van der Waals surface area contributed by atoms with E-state index in [2.05, 4.69) is 20.8 Å². The van der Waals surface area contributed by atoms with Crippen LogP contribution in [-0.4, -0.2) is 37.8 Å². The number of nitrogens with zero attached hydrogens (tertiary/aromatic N) is 4. The van der Waals surface area contributed by atoms with Gasteiger partial charge in [-0.25, -0.2) is 4.68 Å². The van der Waals surface area contributed by atoms with E-state index in [4.69, 9.17) is 5.11 Å². The lowest BCUT2D eigenvalue weighted by Gasteiger charge is -2.23. The number of rotatable bonds is 5. The molecule has 1 rings (SSSR count). The molecule has 0 saturated carbocycles. The number of anilines is 1. The summed E-state index contributed by atoms with van der Waals surface area (Å²) in [5, 5.41) is 23.0. The van der Waals surface area contributed by atoms with Crippen LogP contribution in [0.3, 0.4) is 0 Å². The molecule has 1 heterocycles. The molecule has 0 saturated heterocycles. The second-order valence-corrected chi connectivity index (χ2v) is 5.31. The fourth-order valence-corrected chi connectivity index (χ4v) is 1.58. The summed E-state index contributed by atoms with van der Waals surface area (Å²) < 4.78 is 1.47. The lowest BCUT2D eigenvalue weighted by atomic mass is 9.84. The summed E-state index contributed by atoms with van der Waals surface area (Å²) in [6, 6.07) is 0. The van der Waals surface area contributed by atoms with E-state index in [0.717, 1.165) is 0 Å². The highest BCUT2D eigenvalue weighted by Gasteiger charge is 2.24. The number of hydrogen-bond donors (Lipinski definition) is 2. The van der Waals surface area contributed by atoms with E-state index in [1.54, 1.807) is 7.05 Å². The van der Waals surface area contributed by atoms with Crippen LogP contribution in [0.4, 0.5) is 5.95 Å². The van der Waals surface area contributed by atoms with Crippen molar-refractivity contribution < 1.29 is 9.90 Å². The third-order valence-corrected chi connectivity index (χ3v) is 2.33. The van der Waals surface area contributed by atoms with Gasteiger partial charge in [-0.05, 0) is 22.3 Å². The van der Waals surface area contributed by atoms with Gasteiger partial charge in [-0.15, -0.1) is 0 Å². The first-order valence-corrected chi connectivity index (χ1v) is 5.48. The molecule has 7 nitrogen and oxygen atoms in total. The molecule has 2 N–H and O–H groups in total. The molecule has 0 fully saturated rings. The van der Waals surface area contributed by atoms with Crippen LogP contribution in [0, 0.1) is 11.3 Å². The summed E-state index contributed by atoms with van der Waals surface area (Å²) in [6.45, 7) is 6.38. The summed E-state index contributed by atoms with van der Waals surface area (Å²) in [4.78, 5) is 11.1. The Balaban J connectivity index is 2.57. The van der Waals surface area contributed by atoms with Gasteiger partial charge in [0.15, 0.2) is 0 Å². The molecule has 96 valence electrons. The number of carbonyl (C=O) groups is 1. The van der Waals surface area contributed by atoms with Crippen LogP contribution < -0.4 is 5.32 Å². The summed E-state index contributed by atoms with van der Waals surface area (Å²) >= 11 is 0. The molecule has 1 atom stereocenters. The minimum absolute atomic E-state index is 0.0249. The second kappa shape index (κ2) is 5.11. The number of aliphatic carboxylic acids is 1. The quantitative estimate of drug-likeness (QED) is 0.790. The number of carboxylic acids is 1. The maximum Gasteiger partial charge on any atom is 0.308 e. The lowest BCUT2D eigenvalue weighted by molar-refractivity contribution is -0.142. The van der Waals surface area contributed by atoms with Gasteiger partial charge in [0.1, 0.15) is 0 Å². The molecule has 1 aromatic heterocycles. The summed E-state index contributed by atoms with van der Waals surface area (Å²) in [6.07, 6.45) is 0.598. The molecule has 0 radical (unpaired) electrons. The Labute approximate surface area is 100 Å². The van der Waals surface area contributed by atoms with E-state index >= 15 is 0 Å². The Morgan fingerprint density at radius 3 is 2.59 bits per heavy atom. The molecule has 17 heavy (non-hydrogen) atoms. The van der Waals surface area contributed by atoms with Gasteiger partial charge in [-0.2, -0.15) is 0 Å². The van der Waals surface area contributed by atoms with E-state index in [-0.39, 0.29) is 5.41 Å². The van der Waals surface area contributed by atoms with Crippen molar-refractivity contribution in [2.75, 3.05) is 11.9 Å². The Kier molecular flexibility index (Phi) is 4.03. The first-order valence-electron chi connectivity index (χ1n) is 5.48. The molecule has 0 aliphatic carbocycles. The zero-order valence-electron chi connectivity index (χ0n) is 10.6. The predicted octanol–water partition coefficient (Wildman–Crippen LogP) is 0.759. The van der Waals surface area contributed by atoms with Crippen LogP contribution in [0.25, 0.3) is 0 Å². The lowest BCUT2D eigenvalue weighted by Crippen LogP contribution is -2.28. The van der Waals surface area contributed by atoms with Crippen LogP contribution in [0.15, 0.2) is 0 Å². The second-order valence-electron chi connectivity index (χ2n) is 5.31. The van der Waals surface area contributed by atoms with Gasteiger partial charge in [0, 0.05) is 13.6 Å². The monoisotopic (exact) mass is 241 g/mol. The van der Waals surface area contributed by atoms with Gasteiger partial charge in [0.05, 0.1) is 5.92 Å². The smallest absolute Gasteiger partial charge is 0.308 e. The van der Waals surface area contributed by atoms with Crippen molar-refractivity contribution >= 4 is 11.9 Å². The van der Waals surface area contributed by atoms with Crippen LogP contribution in [0.5, 0.6) is 0 Å². The van der Waals surface area contributed by atoms with Crippen molar-refractivity contribution in [3.8, 4) is 0 Å². The SMILES string of the molecule is Cn1nnnc1NCC(CC(C)(C)C)C(=O)O. The fourth-order valence-electron chi connectivity index (χ4n) is 1.58. The standard InChI is InChI=1S/C10H19N5O2/c1-10(2,3)5-7(8(16)17)6-11-9-12-13-14-15(9)4/h7H,5-6H2,1-4H3,(H,16,17)(H,11,12,14). The van der Waals surface area contributed by atoms with Gasteiger partial charge < -0.3 is 10.4 Å². The Hall–Kier alpha value is -1.66. The van der Waals surface area contributed by atoms with Crippen LogP contribution in [0.1, 0.15) is 27.2 Å². The number of nitrogens with one attached hydrogen (secondary N) is 1. The van der Waals surface area contributed by atoms with E-state index in [9.17, 15) is 4.79 Å². The summed E-state index contributed by atoms with van der Waals surface area (Å²) in [7, 11) is 1.70. The molecule has 7 heteroatoms. The molecule has 0 aromatic carbocycles. The third-order valence-electron chi connectivity index (χ3n) is 2.33. The Morgan fingerprint density at radius 2 is 2.18 bits per heavy atom. The van der Waals surface area contributed by atoms with Crippen molar-refractivity contribution in [3.63, 3.8) is 0 Å². The van der Waals surface area contributed by atoms with Crippen LogP contribution >= 0.6 is 0 Å². The van der Waals surface area contributed by atoms with Crippen LogP contribution in [-0.2, 0) is 11.8 Å². The number of tetrazole rings is 1.